The van der Waals surface area contributed by atoms with Gasteiger partial charge in [0.25, 0.3) is 0 Å². The van der Waals surface area contributed by atoms with E-state index in [4.69, 9.17) is 4.74 Å². The fourth-order valence-electron chi connectivity index (χ4n) is 3.36. The van der Waals surface area contributed by atoms with E-state index in [9.17, 15) is 18.4 Å². The number of alkyl halides is 1. The van der Waals surface area contributed by atoms with E-state index in [1.807, 2.05) is 19.0 Å². The summed E-state index contributed by atoms with van der Waals surface area (Å²) >= 11 is 0. The van der Waals surface area contributed by atoms with Crippen molar-refractivity contribution in [3.63, 3.8) is 0 Å². The van der Waals surface area contributed by atoms with Crippen LogP contribution in [0.1, 0.15) is 31.7 Å². The van der Waals surface area contributed by atoms with Crippen molar-refractivity contribution in [3.05, 3.63) is 47.9 Å². The number of ether oxygens (including phenoxy) is 1. The Bertz CT molecular complexity index is 1240. The number of halogens is 2. The lowest BCUT2D eigenvalue weighted by Crippen LogP contribution is -2.45. The predicted molar refractivity (Wildman–Crippen MR) is 156 cm³/mol. The molecule has 0 unspecified atom stereocenters. The van der Waals surface area contributed by atoms with Crippen molar-refractivity contribution in [1.82, 2.24) is 25.1 Å². The molecule has 222 valence electrons. The topological polar surface area (TPSA) is 112 Å². The average Bonchev–Trinajstić information content (AvgIpc) is 2.94. The number of methoxy groups -OCH3 is 1. The van der Waals surface area contributed by atoms with Crippen LogP contribution in [0.25, 0.3) is 0 Å². The normalized spacial score (nSPS) is 11.5. The molecule has 41 heavy (non-hydrogen) atoms. The molecule has 0 bridgehead atoms. The first-order chi connectivity index (χ1) is 19.7. The minimum absolute atomic E-state index is 0.121. The molecule has 0 spiro atoms. The summed E-state index contributed by atoms with van der Waals surface area (Å²) in [4.78, 5) is 36.7. The maximum absolute atomic E-state index is 14.0. The highest BCUT2D eigenvalue weighted by molar-refractivity contribution is 5.92. The molecule has 0 aliphatic rings. The Hall–Kier alpha value is -4.24. The van der Waals surface area contributed by atoms with E-state index >= 15 is 0 Å². The van der Waals surface area contributed by atoms with E-state index in [2.05, 4.69) is 37.8 Å². The van der Waals surface area contributed by atoms with Gasteiger partial charge < -0.3 is 30.5 Å². The first-order valence-corrected chi connectivity index (χ1v) is 13.3. The molecule has 0 aliphatic carbocycles. The second-order valence-corrected chi connectivity index (χ2v) is 9.39. The van der Waals surface area contributed by atoms with Crippen LogP contribution >= 0.6 is 0 Å². The number of anilines is 3. The maximum atomic E-state index is 14.0. The van der Waals surface area contributed by atoms with Crippen LogP contribution in [0, 0.1) is 17.7 Å². The number of rotatable bonds is 15. The van der Waals surface area contributed by atoms with Crippen LogP contribution in [0.3, 0.4) is 0 Å². The standard InChI is InChI=1S/C29H39F2N7O3/c1-21(38(4)26(39)12-9-18-37(2)3)28(40)33-16-8-6-7-11-22-20-34-29(36-27(22)32-17-10-15-30)35-23-13-14-25(41-5)24(31)19-23/h9,12-14,19-21H,6,8,10,15-18H2,1-5H3,(H,33,40)(H2,32,34,35,36)/t21-/m0/s1. The van der Waals surface area contributed by atoms with Crippen LogP contribution in [0.15, 0.2) is 36.5 Å². The number of aromatic nitrogens is 2. The van der Waals surface area contributed by atoms with Gasteiger partial charge in [-0.3, -0.25) is 14.0 Å². The second-order valence-electron chi connectivity index (χ2n) is 9.39. The Morgan fingerprint density at radius 1 is 1.20 bits per heavy atom. The molecule has 0 radical (unpaired) electrons. The van der Waals surface area contributed by atoms with E-state index in [0.29, 0.717) is 56.0 Å². The van der Waals surface area contributed by atoms with Gasteiger partial charge in [0.2, 0.25) is 17.8 Å². The lowest BCUT2D eigenvalue weighted by atomic mass is 10.2. The largest absolute Gasteiger partial charge is 0.494 e. The lowest BCUT2D eigenvalue weighted by Gasteiger charge is -2.23. The van der Waals surface area contributed by atoms with Crippen molar-refractivity contribution < 1.29 is 23.1 Å². The lowest BCUT2D eigenvalue weighted by molar-refractivity contribution is -0.135. The van der Waals surface area contributed by atoms with Crippen molar-refractivity contribution in [2.75, 3.05) is 65.2 Å². The van der Waals surface area contributed by atoms with Gasteiger partial charge >= 0.3 is 0 Å². The van der Waals surface area contributed by atoms with Crippen molar-refractivity contribution in [1.29, 1.82) is 0 Å². The van der Waals surface area contributed by atoms with Crippen molar-refractivity contribution in [3.8, 4) is 17.6 Å². The number of nitrogens with one attached hydrogen (secondary N) is 3. The molecule has 12 heteroatoms. The number of nitrogens with zero attached hydrogens (tertiary/aromatic N) is 4. The third-order valence-electron chi connectivity index (χ3n) is 5.84. The smallest absolute Gasteiger partial charge is 0.246 e. The molecule has 2 rings (SSSR count). The van der Waals surface area contributed by atoms with Gasteiger partial charge in [-0.05, 0) is 46.0 Å². The summed E-state index contributed by atoms with van der Waals surface area (Å²) in [6, 6.07) is 3.78. The monoisotopic (exact) mass is 571 g/mol. The number of carbonyl (C=O) groups is 2. The quantitative estimate of drug-likeness (QED) is 0.170. The van der Waals surface area contributed by atoms with Gasteiger partial charge in [-0.15, -0.1) is 0 Å². The number of benzene rings is 1. The van der Waals surface area contributed by atoms with E-state index < -0.39 is 18.5 Å². The van der Waals surface area contributed by atoms with Crippen LogP contribution in [-0.4, -0.2) is 92.2 Å². The van der Waals surface area contributed by atoms with E-state index in [0.717, 1.165) is 0 Å². The third kappa shape index (κ3) is 11.4. The maximum Gasteiger partial charge on any atom is 0.246 e. The first kappa shape index (κ1) is 33.0. The molecule has 1 aromatic carbocycles. The highest BCUT2D eigenvalue weighted by Crippen LogP contribution is 2.23. The molecule has 10 nitrogen and oxygen atoms in total. The molecule has 1 heterocycles. The molecular formula is C29H39F2N7O3. The summed E-state index contributed by atoms with van der Waals surface area (Å²) in [5.74, 6) is 5.80. The van der Waals surface area contributed by atoms with Gasteiger partial charge in [-0.2, -0.15) is 4.98 Å². The zero-order chi connectivity index (χ0) is 30.2. The van der Waals surface area contributed by atoms with Crippen LogP contribution in [0.2, 0.25) is 0 Å². The summed E-state index contributed by atoms with van der Waals surface area (Å²) in [6.07, 6.45) is 6.14. The van der Waals surface area contributed by atoms with Gasteiger partial charge in [-0.25, -0.2) is 9.37 Å². The molecule has 2 amide bonds. The van der Waals surface area contributed by atoms with Gasteiger partial charge in [0, 0.05) is 50.9 Å². The summed E-state index contributed by atoms with van der Waals surface area (Å²) in [7, 11) is 6.78. The van der Waals surface area contributed by atoms with E-state index in [1.165, 1.54) is 36.4 Å². The van der Waals surface area contributed by atoms with Crippen molar-refractivity contribution in [2.24, 2.45) is 0 Å². The Morgan fingerprint density at radius 3 is 2.66 bits per heavy atom. The van der Waals surface area contributed by atoms with E-state index in [-0.39, 0.29) is 23.5 Å². The van der Waals surface area contributed by atoms with E-state index in [1.54, 1.807) is 26.1 Å². The molecule has 0 saturated carbocycles. The molecule has 0 aliphatic heterocycles. The van der Waals surface area contributed by atoms with Crippen molar-refractivity contribution >= 4 is 29.3 Å². The van der Waals surface area contributed by atoms with Crippen LogP contribution < -0.4 is 20.7 Å². The van der Waals surface area contributed by atoms with Gasteiger partial charge in [0.05, 0.1) is 25.5 Å². The SMILES string of the molecule is COc1ccc(Nc2ncc(C#CCCCNC(=O)[C@H](C)N(C)C(=O)C=CCN(C)C)c(NCCCF)n2)cc1F. The zero-order valence-electron chi connectivity index (χ0n) is 24.3. The third-order valence-corrected chi connectivity index (χ3v) is 5.84. The van der Waals surface area contributed by atoms with Crippen LogP contribution in [-0.2, 0) is 9.59 Å². The van der Waals surface area contributed by atoms with Gasteiger partial charge in [0.1, 0.15) is 11.9 Å². The molecule has 0 fully saturated rings. The number of likely N-dealkylation sites (N-methyl/N-ethyl adjacent to an activating group) is 2. The molecule has 3 N–H and O–H groups in total. The van der Waals surface area contributed by atoms with Crippen LogP contribution in [0.4, 0.5) is 26.2 Å². The molecule has 2 aromatic rings. The summed E-state index contributed by atoms with van der Waals surface area (Å²) < 4.78 is 31.6. The molecule has 0 saturated heterocycles. The molecular weight excluding hydrogens is 532 g/mol. The number of hydrogen-bond donors (Lipinski definition) is 3. The van der Waals surface area contributed by atoms with Crippen molar-refractivity contribution in [2.45, 2.75) is 32.2 Å². The zero-order valence-corrected chi connectivity index (χ0v) is 24.3. The average molecular weight is 572 g/mol. The first-order valence-electron chi connectivity index (χ1n) is 13.3. The highest BCUT2D eigenvalue weighted by Gasteiger charge is 2.20. The molecule has 1 aromatic heterocycles. The Kier molecular flexibility index (Phi) is 14.0. The van der Waals surface area contributed by atoms with Crippen LogP contribution in [0.5, 0.6) is 5.75 Å². The fourth-order valence-corrected chi connectivity index (χ4v) is 3.36. The highest BCUT2D eigenvalue weighted by atomic mass is 19.1. The summed E-state index contributed by atoms with van der Waals surface area (Å²) in [5, 5.41) is 8.83. The van der Waals surface area contributed by atoms with Gasteiger partial charge in [0.15, 0.2) is 11.6 Å². The Morgan fingerprint density at radius 2 is 1.98 bits per heavy atom. The minimum atomic E-state index is -0.616. The minimum Gasteiger partial charge on any atom is -0.494 e. The number of carbonyl (C=O) groups excluding carboxylic acids is 2. The summed E-state index contributed by atoms with van der Waals surface area (Å²) in [5.41, 5.74) is 0.958. The van der Waals surface area contributed by atoms with Gasteiger partial charge in [-0.1, -0.05) is 17.9 Å². The second kappa shape index (κ2) is 17.5. The predicted octanol–water partition coefficient (Wildman–Crippen LogP) is 3.35. The fraction of sp³-hybridized carbons (Fsp3) is 0.448. The Balaban J connectivity index is 1.93. The number of hydrogen-bond acceptors (Lipinski definition) is 8. The Labute approximate surface area is 240 Å². The number of unbranched alkanes of at least 4 members (excludes halogenated alkanes) is 1. The molecule has 1 atom stereocenters. The summed E-state index contributed by atoms with van der Waals surface area (Å²) in [6.45, 7) is 2.58. The number of amides is 2.